The molecular weight excluding hydrogens is 308 g/mol. The van der Waals surface area contributed by atoms with Gasteiger partial charge in [-0.2, -0.15) is 0 Å². The monoisotopic (exact) mass is 334 g/mol. The molecule has 0 aliphatic rings. The summed E-state index contributed by atoms with van der Waals surface area (Å²) in [7, 11) is 1.51. The van der Waals surface area contributed by atoms with Gasteiger partial charge in [-0.05, 0) is 25.0 Å². The van der Waals surface area contributed by atoms with Gasteiger partial charge in [-0.1, -0.05) is 31.5 Å². The summed E-state index contributed by atoms with van der Waals surface area (Å²) in [6.07, 6.45) is 0. The average molecular weight is 334 g/mol. The van der Waals surface area contributed by atoms with Gasteiger partial charge in [-0.15, -0.1) is 0 Å². The Kier molecular flexibility index (Phi) is 7.38. The predicted octanol–water partition coefficient (Wildman–Crippen LogP) is 0.491. The zero-order chi connectivity index (χ0) is 18.3. The Bertz CT molecular complexity index is 584. The van der Waals surface area contributed by atoms with E-state index in [0.29, 0.717) is 5.69 Å². The summed E-state index contributed by atoms with van der Waals surface area (Å²) in [5.74, 6) is -1.06. The van der Waals surface area contributed by atoms with E-state index in [-0.39, 0.29) is 36.7 Å². The number of nitrogens with one attached hydrogen (secondary N) is 2. The maximum Gasteiger partial charge on any atom is 0.243 e. The first-order valence-corrected chi connectivity index (χ1v) is 7.84. The first-order valence-electron chi connectivity index (χ1n) is 7.84. The van der Waals surface area contributed by atoms with Crippen LogP contribution in [0, 0.1) is 12.8 Å². The molecule has 0 aromatic heterocycles. The molecule has 0 bridgehead atoms. The molecule has 0 aliphatic carbocycles. The van der Waals surface area contributed by atoms with Gasteiger partial charge >= 0.3 is 0 Å². The SMILES string of the molecule is Cc1ccc(NC(=O)CN(C)C(=O)CNC(=O)[C@@H](N)C(C)C)cc1. The topological polar surface area (TPSA) is 105 Å². The van der Waals surface area contributed by atoms with Crippen molar-refractivity contribution in [3.05, 3.63) is 29.8 Å². The van der Waals surface area contributed by atoms with E-state index in [1.54, 1.807) is 12.1 Å². The van der Waals surface area contributed by atoms with Crippen molar-refractivity contribution in [3.8, 4) is 0 Å². The van der Waals surface area contributed by atoms with Crippen molar-refractivity contribution in [3.63, 3.8) is 0 Å². The van der Waals surface area contributed by atoms with Gasteiger partial charge in [0.15, 0.2) is 0 Å². The van der Waals surface area contributed by atoms with Crippen molar-refractivity contribution in [2.45, 2.75) is 26.8 Å². The Morgan fingerprint density at radius 3 is 2.29 bits per heavy atom. The number of hydrogen-bond acceptors (Lipinski definition) is 4. The molecule has 1 aromatic carbocycles. The molecule has 7 nitrogen and oxygen atoms in total. The number of likely N-dealkylation sites (N-methyl/N-ethyl adjacent to an activating group) is 1. The molecule has 3 amide bonds. The summed E-state index contributed by atoms with van der Waals surface area (Å²) in [5, 5.41) is 5.20. The van der Waals surface area contributed by atoms with Gasteiger partial charge in [0.2, 0.25) is 17.7 Å². The van der Waals surface area contributed by atoms with Gasteiger partial charge < -0.3 is 21.3 Å². The molecule has 1 aromatic rings. The molecule has 1 atom stereocenters. The second-order valence-corrected chi connectivity index (χ2v) is 6.15. The van der Waals surface area contributed by atoms with Crippen molar-refractivity contribution in [2.24, 2.45) is 11.7 Å². The molecule has 7 heteroatoms. The van der Waals surface area contributed by atoms with Crippen LogP contribution in [0.1, 0.15) is 19.4 Å². The Balaban J connectivity index is 2.41. The van der Waals surface area contributed by atoms with Gasteiger partial charge in [0, 0.05) is 12.7 Å². The Labute approximate surface area is 142 Å². The molecule has 0 unspecified atom stereocenters. The molecular formula is C17H26N4O3. The van der Waals surface area contributed by atoms with Crippen LogP contribution < -0.4 is 16.4 Å². The Hall–Kier alpha value is -2.41. The largest absolute Gasteiger partial charge is 0.346 e. The van der Waals surface area contributed by atoms with Crippen molar-refractivity contribution in [1.29, 1.82) is 0 Å². The number of carbonyl (C=O) groups excluding carboxylic acids is 3. The zero-order valence-corrected chi connectivity index (χ0v) is 14.6. The lowest BCUT2D eigenvalue weighted by Gasteiger charge is -2.19. The highest BCUT2D eigenvalue weighted by molar-refractivity contribution is 5.95. The van der Waals surface area contributed by atoms with Crippen molar-refractivity contribution >= 4 is 23.4 Å². The van der Waals surface area contributed by atoms with E-state index in [4.69, 9.17) is 5.73 Å². The Morgan fingerprint density at radius 2 is 1.75 bits per heavy atom. The number of amides is 3. The first-order chi connectivity index (χ1) is 11.2. The van der Waals surface area contributed by atoms with Crippen molar-refractivity contribution in [1.82, 2.24) is 10.2 Å². The molecule has 24 heavy (non-hydrogen) atoms. The minimum Gasteiger partial charge on any atom is -0.346 e. The first kappa shape index (κ1) is 19.6. The number of rotatable bonds is 7. The molecule has 0 radical (unpaired) electrons. The summed E-state index contributed by atoms with van der Waals surface area (Å²) in [6.45, 7) is 5.32. The van der Waals surface area contributed by atoms with Crippen molar-refractivity contribution < 1.29 is 14.4 Å². The number of benzene rings is 1. The maximum atomic E-state index is 12.0. The Morgan fingerprint density at radius 1 is 1.17 bits per heavy atom. The highest BCUT2D eigenvalue weighted by Gasteiger charge is 2.19. The lowest BCUT2D eigenvalue weighted by molar-refractivity contribution is -0.134. The van der Waals surface area contributed by atoms with Crippen LogP contribution >= 0.6 is 0 Å². The van der Waals surface area contributed by atoms with Crippen LogP contribution in [-0.2, 0) is 14.4 Å². The quantitative estimate of drug-likeness (QED) is 0.675. The zero-order valence-electron chi connectivity index (χ0n) is 14.6. The van der Waals surface area contributed by atoms with Gasteiger partial charge in [-0.3, -0.25) is 14.4 Å². The minimum atomic E-state index is -0.659. The van der Waals surface area contributed by atoms with Crippen LogP contribution in [0.15, 0.2) is 24.3 Å². The normalized spacial score (nSPS) is 11.8. The smallest absolute Gasteiger partial charge is 0.243 e. The van der Waals surface area contributed by atoms with E-state index >= 15 is 0 Å². The molecule has 0 saturated carbocycles. The summed E-state index contributed by atoms with van der Waals surface area (Å²) >= 11 is 0. The fourth-order valence-corrected chi connectivity index (χ4v) is 1.86. The molecule has 0 heterocycles. The van der Waals surface area contributed by atoms with E-state index in [1.165, 1.54) is 11.9 Å². The number of anilines is 1. The summed E-state index contributed by atoms with van der Waals surface area (Å²) in [4.78, 5) is 36.9. The molecule has 0 spiro atoms. The summed E-state index contributed by atoms with van der Waals surface area (Å²) in [5.41, 5.74) is 7.46. The molecule has 4 N–H and O–H groups in total. The van der Waals surface area contributed by atoms with Crippen molar-refractivity contribution in [2.75, 3.05) is 25.5 Å². The number of aryl methyl sites for hydroxylation is 1. The third-order valence-corrected chi connectivity index (χ3v) is 3.58. The van der Waals surface area contributed by atoms with Crippen LogP contribution in [0.5, 0.6) is 0 Å². The minimum absolute atomic E-state index is 0.0156. The van der Waals surface area contributed by atoms with Crippen LogP contribution in [0.25, 0.3) is 0 Å². The number of nitrogens with two attached hydrogens (primary N) is 1. The van der Waals surface area contributed by atoms with Gasteiger partial charge in [-0.25, -0.2) is 0 Å². The molecule has 0 aliphatic heterocycles. The average Bonchev–Trinajstić information content (AvgIpc) is 2.53. The fourth-order valence-electron chi connectivity index (χ4n) is 1.86. The van der Waals surface area contributed by atoms with Crippen LogP contribution in [0.4, 0.5) is 5.69 Å². The molecule has 0 saturated heterocycles. The van der Waals surface area contributed by atoms with Crippen LogP contribution in [-0.4, -0.2) is 48.8 Å². The second-order valence-electron chi connectivity index (χ2n) is 6.15. The fraction of sp³-hybridized carbons (Fsp3) is 0.471. The lowest BCUT2D eigenvalue weighted by Crippen LogP contribution is -2.48. The van der Waals surface area contributed by atoms with E-state index in [9.17, 15) is 14.4 Å². The third-order valence-electron chi connectivity index (χ3n) is 3.58. The highest BCUT2D eigenvalue weighted by Crippen LogP contribution is 2.08. The molecule has 0 fully saturated rings. The highest BCUT2D eigenvalue weighted by atomic mass is 16.2. The lowest BCUT2D eigenvalue weighted by atomic mass is 10.1. The third kappa shape index (κ3) is 6.37. The van der Waals surface area contributed by atoms with Gasteiger partial charge in [0.1, 0.15) is 0 Å². The van der Waals surface area contributed by atoms with Gasteiger partial charge in [0.25, 0.3) is 0 Å². The van der Waals surface area contributed by atoms with Crippen LogP contribution in [0.3, 0.4) is 0 Å². The maximum absolute atomic E-state index is 12.0. The van der Waals surface area contributed by atoms with Crippen LogP contribution in [0.2, 0.25) is 0 Å². The van der Waals surface area contributed by atoms with Gasteiger partial charge in [0.05, 0.1) is 19.1 Å². The summed E-state index contributed by atoms with van der Waals surface area (Å²) < 4.78 is 0. The number of nitrogens with zero attached hydrogens (tertiary/aromatic N) is 1. The van der Waals surface area contributed by atoms with E-state index in [1.807, 2.05) is 32.9 Å². The van der Waals surface area contributed by atoms with E-state index in [0.717, 1.165) is 5.56 Å². The molecule has 132 valence electrons. The second kappa shape index (κ2) is 9.02. The predicted molar refractivity (Wildman–Crippen MR) is 93.3 cm³/mol. The molecule has 1 rings (SSSR count). The summed E-state index contributed by atoms with van der Waals surface area (Å²) in [6, 6.07) is 6.70. The number of carbonyl (C=O) groups is 3. The van der Waals surface area contributed by atoms with E-state index in [2.05, 4.69) is 10.6 Å². The number of hydrogen-bond donors (Lipinski definition) is 3. The van der Waals surface area contributed by atoms with E-state index < -0.39 is 6.04 Å². The standard InChI is InChI=1S/C17H26N4O3/c1-11(2)16(18)17(24)19-9-15(23)21(4)10-14(22)20-13-7-5-12(3)6-8-13/h5-8,11,16H,9-10,18H2,1-4H3,(H,19,24)(H,20,22)/t16-/m0/s1.